The molecule has 0 saturated heterocycles. The van der Waals surface area contributed by atoms with Gasteiger partial charge in [0.15, 0.2) is 0 Å². The minimum absolute atomic E-state index is 0.142. The molecule has 0 aromatic carbocycles. The van der Waals surface area contributed by atoms with Crippen molar-refractivity contribution in [1.82, 2.24) is 0 Å². The van der Waals surface area contributed by atoms with Crippen LogP contribution >= 0.6 is 7.60 Å². The van der Waals surface area contributed by atoms with Gasteiger partial charge in [-0.05, 0) is 76.5 Å². The summed E-state index contributed by atoms with van der Waals surface area (Å²) in [6.45, 7) is 6.00. The molecule has 0 amide bonds. The highest BCUT2D eigenvalue weighted by molar-refractivity contribution is 7.58. The molecule has 0 spiro atoms. The third-order valence-electron chi connectivity index (χ3n) is 6.09. The SMILES string of the molecule is CCOP(=O)(OCC)C(=COC(=O)C12CC3CC(CC(C3)C1)C2)CC. The van der Waals surface area contributed by atoms with Crippen LogP contribution < -0.4 is 0 Å². The summed E-state index contributed by atoms with van der Waals surface area (Å²) in [5, 5.41) is 0.439. The van der Waals surface area contributed by atoms with E-state index in [9.17, 15) is 9.36 Å². The van der Waals surface area contributed by atoms with Gasteiger partial charge in [-0.1, -0.05) is 6.92 Å². The summed E-state index contributed by atoms with van der Waals surface area (Å²) in [6.07, 6.45) is 8.55. The van der Waals surface area contributed by atoms with Crippen LogP contribution in [0.5, 0.6) is 0 Å². The summed E-state index contributed by atoms with van der Waals surface area (Å²) in [5.41, 5.74) is -0.314. The number of rotatable bonds is 8. The molecule has 0 aromatic rings. The van der Waals surface area contributed by atoms with Crippen LogP contribution in [0.1, 0.15) is 65.7 Å². The zero-order valence-electron chi connectivity index (χ0n) is 15.7. The third-order valence-corrected chi connectivity index (χ3v) is 8.41. The van der Waals surface area contributed by atoms with Crippen LogP contribution in [0.4, 0.5) is 0 Å². The first kappa shape index (κ1) is 19.1. The second-order valence-electron chi connectivity index (χ2n) is 7.90. The molecule has 4 bridgehead atoms. The predicted octanol–water partition coefficient (Wildman–Crippen LogP) is 5.26. The van der Waals surface area contributed by atoms with Crippen molar-refractivity contribution in [3.8, 4) is 0 Å². The lowest BCUT2D eigenvalue weighted by atomic mass is 9.49. The quantitative estimate of drug-likeness (QED) is 0.331. The maximum atomic E-state index is 12.9. The van der Waals surface area contributed by atoms with Crippen LogP contribution in [0.2, 0.25) is 0 Å². The lowest BCUT2D eigenvalue weighted by Crippen LogP contribution is -2.50. The monoisotopic (exact) mass is 370 g/mol. The number of esters is 1. The zero-order chi connectivity index (χ0) is 18.1. The van der Waals surface area contributed by atoms with E-state index in [-0.39, 0.29) is 24.6 Å². The Hall–Kier alpha value is -0.640. The molecule has 5 nitrogen and oxygen atoms in total. The first-order valence-electron chi connectivity index (χ1n) is 9.74. The first-order chi connectivity index (χ1) is 11.9. The average molecular weight is 370 g/mol. The van der Waals surface area contributed by atoms with Crippen molar-refractivity contribution < 1.29 is 23.1 Å². The molecular weight excluding hydrogens is 339 g/mol. The van der Waals surface area contributed by atoms with E-state index in [0.29, 0.717) is 29.5 Å². The van der Waals surface area contributed by atoms with Gasteiger partial charge in [0, 0.05) is 0 Å². The van der Waals surface area contributed by atoms with E-state index >= 15 is 0 Å². The van der Waals surface area contributed by atoms with Crippen LogP contribution in [0, 0.1) is 23.2 Å². The fraction of sp³-hybridized carbons (Fsp3) is 0.842. The van der Waals surface area contributed by atoms with Gasteiger partial charge in [-0.3, -0.25) is 9.36 Å². The van der Waals surface area contributed by atoms with Gasteiger partial charge in [-0.15, -0.1) is 0 Å². The Morgan fingerprint density at radius 1 is 1.00 bits per heavy atom. The van der Waals surface area contributed by atoms with Gasteiger partial charge in [0.2, 0.25) is 0 Å². The highest BCUT2D eigenvalue weighted by Gasteiger charge is 2.55. The summed E-state index contributed by atoms with van der Waals surface area (Å²) in [5.74, 6) is 1.92. The minimum Gasteiger partial charge on any atom is -0.433 e. The Bertz CT molecular complexity index is 537. The smallest absolute Gasteiger partial charge is 0.360 e. The fourth-order valence-corrected chi connectivity index (χ4v) is 7.15. The van der Waals surface area contributed by atoms with Crippen molar-refractivity contribution in [2.24, 2.45) is 23.2 Å². The lowest BCUT2D eigenvalue weighted by Gasteiger charge is -2.55. The first-order valence-corrected chi connectivity index (χ1v) is 11.3. The Balaban J connectivity index is 1.73. The van der Waals surface area contributed by atoms with Crippen LogP contribution in [-0.2, 0) is 23.1 Å². The summed E-state index contributed by atoms with van der Waals surface area (Å²) in [6, 6.07) is 0. The molecule has 0 radical (unpaired) electrons. The second kappa shape index (κ2) is 7.54. The molecule has 0 aliphatic heterocycles. The molecule has 0 N–H and O–H groups in total. The number of ether oxygens (including phenoxy) is 1. The van der Waals surface area contributed by atoms with E-state index in [2.05, 4.69) is 0 Å². The maximum Gasteiger partial charge on any atom is 0.360 e. The molecule has 0 aromatic heterocycles. The van der Waals surface area contributed by atoms with Crippen molar-refractivity contribution in [2.75, 3.05) is 13.2 Å². The Labute approximate surface area is 151 Å². The number of hydrogen-bond acceptors (Lipinski definition) is 5. The van der Waals surface area contributed by atoms with Crippen molar-refractivity contribution in [3.05, 3.63) is 11.6 Å². The molecule has 6 heteroatoms. The molecule has 4 aliphatic rings. The topological polar surface area (TPSA) is 61.8 Å². The third kappa shape index (κ3) is 3.74. The molecule has 0 unspecified atom stereocenters. The van der Waals surface area contributed by atoms with E-state index in [4.69, 9.17) is 13.8 Å². The number of carbonyl (C=O) groups excluding carboxylic acids is 1. The number of carbonyl (C=O) groups is 1. The number of hydrogen-bond donors (Lipinski definition) is 0. The van der Waals surface area contributed by atoms with Gasteiger partial charge in [0.25, 0.3) is 0 Å². The van der Waals surface area contributed by atoms with Crippen molar-refractivity contribution >= 4 is 13.6 Å². The lowest BCUT2D eigenvalue weighted by molar-refractivity contribution is -0.165. The van der Waals surface area contributed by atoms with E-state index < -0.39 is 7.60 Å². The maximum absolute atomic E-state index is 12.9. The van der Waals surface area contributed by atoms with E-state index in [1.165, 1.54) is 25.5 Å². The molecule has 4 saturated carbocycles. The Kier molecular flexibility index (Phi) is 5.77. The van der Waals surface area contributed by atoms with Crippen molar-refractivity contribution in [3.63, 3.8) is 0 Å². The van der Waals surface area contributed by atoms with Crippen LogP contribution in [0.15, 0.2) is 11.6 Å². The molecule has 25 heavy (non-hydrogen) atoms. The highest BCUT2D eigenvalue weighted by atomic mass is 31.2. The van der Waals surface area contributed by atoms with Gasteiger partial charge in [-0.2, -0.15) is 0 Å². The van der Waals surface area contributed by atoms with Gasteiger partial charge in [0.1, 0.15) is 6.26 Å². The van der Waals surface area contributed by atoms with Crippen molar-refractivity contribution in [1.29, 1.82) is 0 Å². The van der Waals surface area contributed by atoms with Crippen LogP contribution in [0.3, 0.4) is 0 Å². The second-order valence-corrected chi connectivity index (χ2v) is 9.98. The summed E-state index contributed by atoms with van der Waals surface area (Å²) >= 11 is 0. The Morgan fingerprint density at radius 2 is 1.48 bits per heavy atom. The molecule has 4 aliphatic carbocycles. The zero-order valence-corrected chi connectivity index (χ0v) is 16.6. The largest absolute Gasteiger partial charge is 0.433 e. The molecule has 0 heterocycles. The molecule has 0 atom stereocenters. The highest BCUT2D eigenvalue weighted by Crippen LogP contribution is 2.61. The van der Waals surface area contributed by atoms with Gasteiger partial charge in [-0.25, -0.2) is 0 Å². The fourth-order valence-electron chi connectivity index (χ4n) is 5.49. The molecule has 4 rings (SSSR count). The predicted molar refractivity (Wildman–Crippen MR) is 95.9 cm³/mol. The van der Waals surface area contributed by atoms with E-state index in [1.54, 1.807) is 13.8 Å². The van der Waals surface area contributed by atoms with E-state index in [1.807, 2.05) is 6.92 Å². The van der Waals surface area contributed by atoms with Crippen molar-refractivity contribution in [2.45, 2.75) is 65.7 Å². The average Bonchev–Trinajstić information content (AvgIpc) is 2.54. The molecular formula is C19H31O5P. The van der Waals surface area contributed by atoms with Gasteiger partial charge >= 0.3 is 13.6 Å². The Morgan fingerprint density at radius 3 is 1.88 bits per heavy atom. The van der Waals surface area contributed by atoms with Gasteiger partial charge in [0.05, 0.1) is 23.9 Å². The minimum atomic E-state index is -3.37. The summed E-state index contributed by atoms with van der Waals surface area (Å²) < 4.78 is 29.2. The molecule has 4 fully saturated rings. The summed E-state index contributed by atoms with van der Waals surface area (Å²) in [7, 11) is -3.37. The van der Waals surface area contributed by atoms with Crippen LogP contribution in [0.25, 0.3) is 0 Å². The normalized spacial score (nSPS) is 34.4. The number of allylic oxidation sites excluding steroid dienone is 1. The van der Waals surface area contributed by atoms with Crippen LogP contribution in [-0.4, -0.2) is 19.2 Å². The standard InChI is InChI=1S/C19H31O5P/c1-4-17(25(21,23-5-2)24-6-3)13-22-18(20)19-10-14-7-15(11-19)9-16(8-14)12-19/h13-16H,4-12H2,1-3H3. The van der Waals surface area contributed by atoms with Gasteiger partial charge < -0.3 is 13.8 Å². The van der Waals surface area contributed by atoms with E-state index in [0.717, 1.165) is 19.3 Å². The summed E-state index contributed by atoms with van der Waals surface area (Å²) in [4.78, 5) is 12.9. The molecule has 142 valence electrons.